The van der Waals surface area contributed by atoms with E-state index in [9.17, 15) is 5.11 Å². The number of hydrogen-bond acceptors (Lipinski definition) is 3. The molecule has 3 heteroatoms. The molecule has 0 radical (unpaired) electrons. The minimum atomic E-state index is -0.135. The second-order valence-electron chi connectivity index (χ2n) is 5.14. The van der Waals surface area contributed by atoms with Crippen molar-refractivity contribution in [2.45, 2.75) is 18.9 Å². The normalized spacial score (nSPS) is 28.2. The van der Waals surface area contributed by atoms with Gasteiger partial charge in [0.05, 0.1) is 6.10 Å². The maximum Gasteiger partial charge on any atom is 0.0609 e. The highest BCUT2D eigenvalue weighted by Crippen LogP contribution is 2.28. The molecule has 17 heavy (non-hydrogen) atoms. The van der Waals surface area contributed by atoms with Crippen LogP contribution in [0.1, 0.15) is 12.0 Å². The molecule has 3 nitrogen and oxygen atoms in total. The summed E-state index contributed by atoms with van der Waals surface area (Å²) in [5.74, 6) is 0.370. The second-order valence-corrected chi connectivity index (χ2v) is 5.14. The monoisotopic (exact) mass is 232 g/mol. The molecule has 0 aliphatic carbocycles. The zero-order valence-corrected chi connectivity index (χ0v) is 10.1. The molecule has 3 rings (SSSR count). The minimum absolute atomic E-state index is 0.135. The average Bonchev–Trinajstić information content (AvgIpc) is 2.76. The van der Waals surface area contributed by atoms with Crippen LogP contribution in [0.25, 0.3) is 0 Å². The second kappa shape index (κ2) is 4.67. The van der Waals surface area contributed by atoms with Crippen molar-refractivity contribution in [2.75, 3.05) is 31.1 Å². The van der Waals surface area contributed by atoms with Gasteiger partial charge in [-0.3, -0.25) is 0 Å². The highest BCUT2D eigenvalue weighted by molar-refractivity contribution is 5.57. The van der Waals surface area contributed by atoms with E-state index >= 15 is 0 Å². The van der Waals surface area contributed by atoms with Crippen LogP contribution in [0.15, 0.2) is 24.3 Å². The Kier molecular flexibility index (Phi) is 3.04. The predicted molar refractivity (Wildman–Crippen MR) is 69.3 cm³/mol. The molecule has 1 saturated heterocycles. The zero-order valence-electron chi connectivity index (χ0n) is 10.1. The van der Waals surface area contributed by atoms with E-state index < -0.39 is 0 Å². The summed E-state index contributed by atoms with van der Waals surface area (Å²) in [5, 5.41) is 13.4. The van der Waals surface area contributed by atoms with Crippen molar-refractivity contribution in [2.24, 2.45) is 5.92 Å². The lowest BCUT2D eigenvalue weighted by molar-refractivity contribution is 0.0823. The molecule has 0 bridgehead atoms. The van der Waals surface area contributed by atoms with E-state index in [0.717, 1.165) is 39.0 Å². The van der Waals surface area contributed by atoms with Crippen LogP contribution in [0.3, 0.4) is 0 Å². The number of nitrogens with one attached hydrogen (secondary N) is 1. The Morgan fingerprint density at radius 2 is 2.24 bits per heavy atom. The summed E-state index contributed by atoms with van der Waals surface area (Å²) in [5.41, 5.74) is 2.82. The van der Waals surface area contributed by atoms with Gasteiger partial charge in [-0.25, -0.2) is 0 Å². The van der Waals surface area contributed by atoms with E-state index in [2.05, 4.69) is 34.5 Å². The number of aliphatic hydroxyl groups is 1. The molecule has 0 spiro atoms. The van der Waals surface area contributed by atoms with Crippen LogP contribution in [0.4, 0.5) is 5.69 Å². The Labute approximate surface area is 102 Å². The first-order chi connectivity index (χ1) is 8.34. The van der Waals surface area contributed by atoms with Crippen LogP contribution in [-0.4, -0.2) is 37.4 Å². The van der Waals surface area contributed by atoms with Crippen molar-refractivity contribution in [3.8, 4) is 0 Å². The molecule has 92 valence electrons. The largest absolute Gasteiger partial charge is 0.393 e. The maximum absolute atomic E-state index is 10.0. The Bertz CT molecular complexity index is 394. The van der Waals surface area contributed by atoms with Crippen LogP contribution in [0.2, 0.25) is 0 Å². The van der Waals surface area contributed by atoms with Crippen molar-refractivity contribution >= 4 is 5.69 Å². The number of benzene rings is 1. The molecule has 2 atom stereocenters. The Hall–Kier alpha value is -1.06. The molecule has 2 aliphatic heterocycles. The Morgan fingerprint density at radius 1 is 1.35 bits per heavy atom. The number of anilines is 1. The van der Waals surface area contributed by atoms with Crippen LogP contribution in [0.5, 0.6) is 0 Å². The molecule has 1 aromatic carbocycles. The summed E-state index contributed by atoms with van der Waals surface area (Å²) >= 11 is 0. The highest BCUT2D eigenvalue weighted by Gasteiger charge is 2.27. The topological polar surface area (TPSA) is 35.5 Å². The van der Waals surface area contributed by atoms with Crippen LogP contribution in [-0.2, 0) is 6.42 Å². The molecule has 2 N–H and O–H groups in total. The third-order valence-electron chi connectivity index (χ3n) is 4.01. The quantitative estimate of drug-likeness (QED) is 0.799. The molecular weight excluding hydrogens is 212 g/mol. The molecule has 2 unspecified atom stereocenters. The summed E-state index contributed by atoms with van der Waals surface area (Å²) in [4.78, 5) is 2.43. The first-order valence-corrected chi connectivity index (χ1v) is 6.56. The highest BCUT2D eigenvalue weighted by atomic mass is 16.3. The lowest BCUT2D eigenvalue weighted by Gasteiger charge is -2.32. The number of nitrogens with zero attached hydrogens (tertiary/aromatic N) is 1. The first-order valence-electron chi connectivity index (χ1n) is 6.56. The number of hydrogen-bond donors (Lipinski definition) is 2. The Balaban J connectivity index is 1.70. The third kappa shape index (κ3) is 2.17. The van der Waals surface area contributed by atoms with Gasteiger partial charge in [0, 0.05) is 31.2 Å². The van der Waals surface area contributed by atoms with Crippen molar-refractivity contribution in [3.63, 3.8) is 0 Å². The van der Waals surface area contributed by atoms with Gasteiger partial charge >= 0.3 is 0 Å². The van der Waals surface area contributed by atoms with Gasteiger partial charge in [-0.15, -0.1) is 0 Å². The Morgan fingerprint density at radius 3 is 3.12 bits per heavy atom. The third-order valence-corrected chi connectivity index (χ3v) is 4.01. The average molecular weight is 232 g/mol. The molecule has 1 aromatic rings. The van der Waals surface area contributed by atoms with Gasteiger partial charge in [-0.1, -0.05) is 18.2 Å². The summed E-state index contributed by atoms with van der Waals surface area (Å²) in [6, 6.07) is 8.63. The standard InChI is InChI=1S/C14H20N2O/c17-14-5-7-15-9-12(14)10-16-8-6-11-3-1-2-4-13(11)16/h1-4,12,14-15,17H,5-10H2. The van der Waals surface area contributed by atoms with E-state index in [1.807, 2.05) is 0 Å². The first kappa shape index (κ1) is 11.1. The lowest BCUT2D eigenvalue weighted by atomic mass is 9.95. The van der Waals surface area contributed by atoms with E-state index in [1.165, 1.54) is 11.3 Å². The molecule has 2 heterocycles. The number of fused-ring (bicyclic) bond motifs is 1. The van der Waals surface area contributed by atoms with E-state index in [1.54, 1.807) is 0 Å². The summed E-state index contributed by atoms with van der Waals surface area (Å²) in [6.07, 6.45) is 1.90. The van der Waals surface area contributed by atoms with E-state index in [-0.39, 0.29) is 6.10 Å². The van der Waals surface area contributed by atoms with E-state index in [4.69, 9.17) is 0 Å². The number of rotatable bonds is 2. The summed E-state index contributed by atoms with van der Waals surface area (Å²) in [6.45, 7) is 3.97. The van der Waals surface area contributed by atoms with Crippen LogP contribution in [0, 0.1) is 5.92 Å². The summed E-state index contributed by atoms with van der Waals surface area (Å²) < 4.78 is 0. The van der Waals surface area contributed by atoms with Crippen LogP contribution >= 0.6 is 0 Å². The zero-order chi connectivity index (χ0) is 11.7. The minimum Gasteiger partial charge on any atom is -0.393 e. The number of aliphatic hydroxyl groups excluding tert-OH is 1. The van der Waals surface area contributed by atoms with Gasteiger partial charge in [-0.2, -0.15) is 0 Å². The van der Waals surface area contributed by atoms with Gasteiger partial charge in [0.25, 0.3) is 0 Å². The molecule has 0 aromatic heterocycles. The lowest BCUT2D eigenvalue weighted by Crippen LogP contribution is -2.45. The van der Waals surface area contributed by atoms with Crippen molar-refractivity contribution in [3.05, 3.63) is 29.8 Å². The molecule has 2 aliphatic rings. The maximum atomic E-state index is 10.0. The number of para-hydroxylation sites is 1. The van der Waals surface area contributed by atoms with Gasteiger partial charge in [-0.05, 0) is 31.0 Å². The van der Waals surface area contributed by atoms with Crippen molar-refractivity contribution < 1.29 is 5.11 Å². The van der Waals surface area contributed by atoms with Crippen LogP contribution < -0.4 is 10.2 Å². The molecular formula is C14H20N2O. The van der Waals surface area contributed by atoms with Gasteiger partial charge < -0.3 is 15.3 Å². The van der Waals surface area contributed by atoms with Gasteiger partial charge in [0.1, 0.15) is 0 Å². The smallest absolute Gasteiger partial charge is 0.0609 e. The van der Waals surface area contributed by atoms with Gasteiger partial charge in [0.15, 0.2) is 0 Å². The number of piperidine rings is 1. The SMILES string of the molecule is OC1CCNCC1CN1CCc2ccccc21. The van der Waals surface area contributed by atoms with E-state index in [0.29, 0.717) is 5.92 Å². The molecule has 1 fully saturated rings. The van der Waals surface area contributed by atoms with Gasteiger partial charge in [0.2, 0.25) is 0 Å². The van der Waals surface area contributed by atoms with Crippen molar-refractivity contribution in [1.82, 2.24) is 5.32 Å². The predicted octanol–water partition coefficient (Wildman–Crippen LogP) is 1.02. The fourth-order valence-corrected chi connectivity index (χ4v) is 2.97. The van der Waals surface area contributed by atoms with Crippen molar-refractivity contribution in [1.29, 1.82) is 0 Å². The summed E-state index contributed by atoms with van der Waals surface area (Å²) in [7, 11) is 0. The fourth-order valence-electron chi connectivity index (χ4n) is 2.97. The molecule has 0 saturated carbocycles. The molecule has 0 amide bonds. The fraction of sp³-hybridized carbons (Fsp3) is 0.571.